The van der Waals surface area contributed by atoms with Gasteiger partial charge in [0.15, 0.2) is 11.4 Å². The summed E-state index contributed by atoms with van der Waals surface area (Å²) in [6.07, 6.45) is 0.938. The predicted molar refractivity (Wildman–Crippen MR) is 132 cm³/mol. The molecular formula is C27H27ClN2O3. The number of amides is 1. The zero-order valence-corrected chi connectivity index (χ0v) is 19.8. The molecule has 1 atom stereocenters. The highest BCUT2D eigenvalue weighted by Gasteiger charge is 2.37. The van der Waals surface area contributed by atoms with E-state index in [4.69, 9.17) is 16.4 Å². The summed E-state index contributed by atoms with van der Waals surface area (Å²) in [7, 11) is 0. The molecule has 0 aromatic heterocycles. The maximum atomic E-state index is 12.9. The lowest BCUT2D eigenvalue weighted by Gasteiger charge is -2.22. The van der Waals surface area contributed by atoms with E-state index in [0.717, 1.165) is 33.2 Å². The number of rotatable bonds is 7. The molecule has 0 saturated carbocycles. The van der Waals surface area contributed by atoms with E-state index >= 15 is 0 Å². The zero-order chi connectivity index (χ0) is 23.6. The van der Waals surface area contributed by atoms with Crippen LogP contribution in [-0.2, 0) is 15.2 Å². The lowest BCUT2D eigenvalue weighted by molar-refractivity contribution is -0.120. The molecule has 3 aromatic rings. The van der Waals surface area contributed by atoms with Crippen LogP contribution >= 0.6 is 11.6 Å². The number of carbonyl (C=O) groups excluding carboxylic acids is 2. The van der Waals surface area contributed by atoms with Crippen LogP contribution in [0.25, 0.3) is 10.8 Å². The van der Waals surface area contributed by atoms with Crippen LogP contribution in [0.2, 0.25) is 5.02 Å². The number of nitrogens with one attached hydrogen (secondary N) is 1. The fourth-order valence-corrected chi connectivity index (χ4v) is 4.61. The second-order valence-electron chi connectivity index (χ2n) is 8.64. The van der Waals surface area contributed by atoms with E-state index in [1.165, 1.54) is 0 Å². The summed E-state index contributed by atoms with van der Waals surface area (Å²) in [6.45, 7) is 6.43. The van der Waals surface area contributed by atoms with Crippen molar-refractivity contribution < 1.29 is 14.4 Å². The number of Topliss-reactive ketones (excluding diaryl/α,β-unsaturated/α-hetero) is 1. The topological polar surface area (TPSA) is 67.8 Å². The molecule has 0 radical (unpaired) electrons. The molecule has 1 N–H and O–H groups in total. The van der Waals surface area contributed by atoms with Crippen LogP contribution in [0.3, 0.4) is 0 Å². The Hall–Kier alpha value is -3.18. The van der Waals surface area contributed by atoms with E-state index in [1.54, 1.807) is 0 Å². The first-order valence-corrected chi connectivity index (χ1v) is 11.5. The Morgan fingerprint density at radius 2 is 1.85 bits per heavy atom. The zero-order valence-electron chi connectivity index (χ0n) is 19.1. The van der Waals surface area contributed by atoms with Crippen molar-refractivity contribution in [2.45, 2.75) is 45.6 Å². The Kier molecular flexibility index (Phi) is 6.52. The highest BCUT2D eigenvalue weighted by atomic mass is 35.5. The van der Waals surface area contributed by atoms with Gasteiger partial charge in [0.25, 0.3) is 0 Å². The summed E-state index contributed by atoms with van der Waals surface area (Å²) < 4.78 is 0. The quantitative estimate of drug-likeness (QED) is 0.442. The number of benzene rings is 3. The van der Waals surface area contributed by atoms with Crippen LogP contribution in [0.5, 0.6) is 0 Å². The molecule has 0 fully saturated rings. The van der Waals surface area contributed by atoms with Crippen molar-refractivity contribution in [3.63, 3.8) is 0 Å². The summed E-state index contributed by atoms with van der Waals surface area (Å²) in [5.41, 5.74) is 3.81. The third kappa shape index (κ3) is 4.79. The highest BCUT2D eigenvalue weighted by Crippen LogP contribution is 2.39. The number of hydrogen-bond donors (Lipinski definition) is 1. The molecule has 0 bridgehead atoms. The maximum absolute atomic E-state index is 12.9. The van der Waals surface area contributed by atoms with Gasteiger partial charge in [0.05, 0.1) is 5.71 Å². The molecule has 6 heteroatoms. The Bertz CT molecular complexity index is 1250. The summed E-state index contributed by atoms with van der Waals surface area (Å²) in [6, 6.07) is 17.5. The predicted octanol–water partition coefficient (Wildman–Crippen LogP) is 5.94. The van der Waals surface area contributed by atoms with Gasteiger partial charge in [-0.2, -0.15) is 0 Å². The molecule has 0 spiro atoms. The van der Waals surface area contributed by atoms with Crippen LogP contribution < -0.4 is 5.32 Å². The fourth-order valence-electron chi connectivity index (χ4n) is 4.32. The molecule has 0 aliphatic carbocycles. The molecule has 170 valence electrons. The molecular weight excluding hydrogens is 436 g/mol. The molecule has 4 rings (SSSR count). The monoisotopic (exact) mass is 462 g/mol. The standard InChI is InChI=1S/C27H27ClN2O3/c1-4-29-26(32)12-11-25(31)23-10-9-22(20-7-5-6-8-21(20)23)24-16-27(3,33-30-24)18-13-17(2)14-19(28)15-18/h5-10,13-15H,4,11-12,16H2,1-3H3,(H,29,32)/t27-/m1/s1. The van der Waals surface area contributed by atoms with E-state index in [1.807, 2.05) is 69.3 Å². The Balaban J connectivity index is 1.63. The minimum Gasteiger partial charge on any atom is -0.384 e. The second kappa shape index (κ2) is 9.36. The summed E-state index contributed by atoms with van der Waals surface area (Å²) in [5.74, 6) is -0.160. The fraction of sp³-hybridized carbons (Fsp3) is 0.296. The van der Waals surface area contributed by atoms with Gasteiger partial charge in [-0.3, -0.25) is 9.59 Å². The van der Waals surface area contributed by atoms with Crippen molar-refractivity contribution in [1.29, 1.82) is 0 Å². The van der Waals surface area contributed by atoms with Crippen molar-refractivity contribution in [2.75, 3.05) is 6.54 Å². The Morgan fingerprint density at radius 1 is 1.09 bits per heavy atom. The number of ketones is 1. The first-order valence-electron chi connectivity index (χ1n) is 11.2. The van der Waals surface area contributed by atoms with Gasteiger partial charge in [-0.1, -0.05) is 59.2 Å². The largest absolute Gasteiger partial charge is 0.384 e. The molecule has 3 aromatic carbocycles. The van der Waals surface area contributed by atoms with Crippen LogP contribution in [0.1, 0.15) is 60.2 Å². The molecule has 5 nitrogen and oxygen atoms in total. The number of aryl methyl sites for hydroxylation is 1. The molecule has 1 aliphatic rings. The molecule has 1 heterocycles. The van der Waals surface area contributed by atoms with Gasteiger partial charge in [-0.05, 0) is 54.8 Å². The summed E-state index contributed by atoms with van der Waals surface area (Å²) >= 11 is 6.28. The lowest BCUT2D eigenvalue weighted by atomic mass is 9.86. The average molecular weight is 463 g/mol. The van der Waals surface area contributed by atoms with E-state index in [2.05, 4.69) is 16.5 Å². The first-order chi connectivity index (χ1) is 15.8. The van der Waals surface area contributed by atoms with Crippen LogP contribution in [0.15, 0.2) is 59.8 Å². The van der Waals surface area contributed by atoms with E-state index < -0.39 is 5.60 Å². The Labute approximate surface area is 198 Å². The number of hydrogen-bond acceptors (Lipinski definition) is 4. The average Bonchev–Trinajstić information content (AvgIpc) is 3.19. The van der Waals surface area contributed by atoms with E-state index in [-0.39, 0.29) is 24.5 Å². The minimum atomic E-state index is -0.618. The van der Waals surface area contributed by atoms with E-state index in [0.29, 0.717) is 23.6 Å². The van der Waals surface area contributed by atoms with Gasteiger partial charge in [0, 0.05) is 42.0 Å². The number of oxime groups is 1. The third-order valence-electron chi connectivity index (χ3n) is 6.00. The first kappa shape index (κ1) is 23.0. The maximum Gasteiger partial charge on any atom is 0.220 e. The number of halogens is 1. The van der Waals surface area contributed by atoms with Gasteiger partial charge in [-0.15, -0.1) is 0 Å². The van der Waals surface area contributed by atoms with Crippen molar-refractivity contribution in [3.05, 3.63) is 81.9 Å². The van der Waals surface area contributed by atoms with Crippen LogP contribution in [0.4, 0.5) is 0 Å². The lowest BCUT2D eigenvalue weighted by Crippen LogP contribution is -2.23. The van der Waals surface area contributed by atoms with E-state index in [9.17, 15) is 9.59 Å². The van der Waals surface area contributed by atoms with Crippen LogP contribution in [0, 0.1) is 6.92 Å². The second-order valence-corrected chi connectivity index (χ2v) is 9.07. The van der Waals surface area contributed by atoms with Crippen molar-refractivity contribution in [2.24, 2.45) is 5.16 Å². The van der Waals surface area contributed by atoms with Crippen LogP contribution in [-0.4, -0.2) is 23.9 Å². The minimum absolute atomic E-state index is 0.0483. The van der Waals surface area contributed by atoms with Crippen molar-refractivity contribution in [3.8, 4) is 0 Å². The van der Waals surface area contributed by atoms with Gasteiger partial charge in [0.1, 0.15) is 0 Å². The van der Waals surface area contributed by atoms with Crippen molar-refractivity contribution in [1.82, 2.24) is 5.32 Å². The van der Waals surface area contributed by atoms with Gasteiger partial charge in [0.2, 0.25) is 5.91 Å². The highest BCUT2D eigenvalue weighted by molar-refractivity contribution is 6.30. The SMILES string of the molecule is CCNC(=O)CCC(=O)c1ccc(C2=NO[C@@](C)(c3cc(C)cc(Cl)c3)C2)c2ccccc12. The van der Waals surface area contributed by atoms with Gasteiger partial charge >= 0.3 is 0 Å². The third-order valence-corrected chi connectivity index (χ3v) is 6.22. The summed E-state index contributed by atoms with van der Waals surface area (Å²) in [4.78, 5) is 30.6. The normalized spacial score (nSPS) is 17.5. The number of fused-ring (bicyclic) bond motifs is 1. The summed E-state index contributed by atoms with van der Waals surface area (Å²) in [5, 5.41) is 9.63. The number of carbonyl (C=O) groups is 2. The molecule has 33 heavy (non-hydrogen) atoms. The smallest absolute Gasteiger partial charge is 0.220 e. The van der Waals surface area contributed by atoms with Gasteiger partial charge < -0.3 is 10.2 Å². The van der Waals surface area contributed by atoms with Gasteiger partial charge in [-0.25, -0.2) is 0 Å². The molecule has 0 unspecified atom stereocenters. The Morgan fingerprint density at radius 3 is 2.58 bits per heavy atom. The molecule has 1 amide bonds. The van der Waals surface area contributed by atoms with Crippen molar-refractivity contribution >= 4 is 39.8 Å². The molecule has 1 aliphatic heterocycles. The molecule has 0 saturated heterocycles. The number of nitrogens with zero attached hydrogens (tertiary/aromatic N) is 1.